The van der Waals surface area contributed by atoms with Crippen molar-refractivity contribution < 1.29 is 14.6 Å². The van der Waals surface area contributed by atoms with Crippen LogP contribution < -0.4 is 0 Å². The van der Waals surface area contributed by atoms with Gasteiger partial charge in [0.15, 0.2) is 0 Å². The fraction of sp³-hybridized carbons (Fsp3) is 0.857. The van der Waals surface area contributed by atoms with E-state index in [1.165, 1.54) is 0 Å². The van der Waals surface area contributed by atoms with Gasteiger partial charge in [-0.15, -0.1) is 0 Å². The van der Waals surface area contributed by atoms with Gasteiger partial charge in [0, 0.05) is 0 Å². The summed E-state index contributed by atoms with van der Waals surface area (Å²) in [7, 11) is 0. The molecule has 2 heterocycles. The summed E-state index contributed by atoms with van der Waals surface area (Å²) in [6.07, 6.45) is 11.6. The van der Waals surface area contributed by atoms with E-state index < -0.39 is 0 Å². The van der Waals surface area contributed by atoms with Crippen LogP contribution in [-0.2, 0) is 9.47 Å². The Hall–Kier alpha value is -0.380. The first-order valence-corrected chi connectivity index (χ1v) is 6.88. The van der Waals surface area contributed by atoms with E-state index in [-0.39, 0.29) is 16.9 Å². The van der Waals surface area contributed by atoms with Crippen LogP contribution in [0.15, 0.2) is 12.2 Å². The second-order valence-corrected chi connectivity index (χ2v) is 6.81. The average molecular weight is 234 g/mol. The number of aliphatic hydroxyl groups is 1. The van der Waals surface area contributed by atoms with E-state index in [2.05, 4.69) is 6.08 Å². The molecule has 2 saturated carbocycles. The van der Waals surface area contributed by atoms with Crippen LogP contribution in [0.25, 0.3) is 0 Å². The van der Waals surface area contributed by atoms with Crippen molar-refractivity contribution in [1.82, 2.24) is 0 Å². The van der Waals surface area contributed by atoms with E-state index in [4.69, 9.17) is 9.47 Å². The second kappa shape index (κ2) is 2.63. The first-order chi connectivity index (χ1) is 8.20. The zero-order valence-corrected chi connectivity index (χ0v) is 9.84. The van der Waals surface area contributed by atoms with Gasteiger partial charge in [-0.2, -0.15) is 0 Å². The van der Waals surface area contributed by atoms with Crippen molar-refractivity contribution in [3.8, 4) is 0 Å². The Morgan fingerprint density at radius 2 is 1.47 bits per heavy atom. The van der Waals surface area contributed by atoms with Crippen LogP contribution in [0, 0.1) is 10.8 Å². The fourth-order valence-electron chi connectivity index (χ4n) is 5.02. The molecule has 0 aromatic rings. The monoisotopic (exact) mass is 234 g/mol. The number of hydrogen-bond acceptors (Lipinski definition) is 3. The third-order valence-electron chi connectivity index (χ3n) is 5.98. The molecular formula is C14H18O3. The maximum Gasteiger partial charge on any atom is 0.0850 e. The number of epoxide rings is 2. The maximum atomic E-state index is 10.0. The largest absolute Gasteiger partial charge is 0.389 e. The van der Waals surface area contributed by atoms with Crippen LogP contribution in [0.1, 0.15) is 32.1 Å². The minimum Gasteiger partial charge on any atom is -0.389 e. The molecule has 0 amide bonds. The van der Waals surface area contributed by atoms with E-state index in [9.17, 15) is 5.11 Å². The summed E-state index contributed by atoms with van der Waals surface area (Å²) in [6.45, 7) is 0. The van der Waals surface area contributed by atoms with Gasteiger partial charge in [-0.25, -0.2) is 0 Å². The van der Waals surface area contributed by atoms with Gasteiger partial charge in [-0.1, -0.05) is 12.2 Å². The standard InChI is InChI=1S/C14H18O3/c15-8-1-2-13-4-9-11(16-9)6-14(13,3-8)7-12-10(5-13)17-12/h1-2,8-12,15H,3-7H2/t8-,9-,10+,11+,12-,13?,14?/m1/s1. The minimum absolute atomic E-state index is 0.256. The number of fused-ring (bicyclic) bond motifs is 2. The molecule has 0 aromatic carbocycles. The number of allylic oxidation sites excluding steroid dienone is 1. The van der Waals surface area contributed by atoms with Gasteiger partial charge >= 0.3 is 0 Å². The number of rotatable bonds is 0. The molecule has 7 atom stereocenters. The summed E-state index contributed by atoms with van der Waals surface area (Å²) in [5.74, 6) is 0. The zero-order chi connectivity index (χ0) is 11.3. The normalized spacial score (nSPS) is 66.3. The molecule has 0 radical (unpaired) electrons. The molecular weight excluding hydrogens is 216 g/mol. The Morgan fingerprint density at radius 3 is 2.12 bits per heavy atom. The first-order valence-electron chi connectivity index (χ1n) is 6.88. The van der Waals surface area contributed by atoms with Crippen LogP contribution >= 0.6 is 0 Å². The predicted molar refractivity (Wildman–Crippen MR) is 60.4 cm³/mol. The fourth-order valence-corrected chi connectivity index (χ4v) is 5.02. The molecule has 3 heteroatoms. The quantitative estimate of drug-likeness (QED) is 0.509. The van der Waals surface area contributed by atoms with Crippen LogP contribution in [0.2, 0.25) is 0 Å². The number of hydrogen-bond donors (Lipinski definition) is 1. The van der Waals surface area contributed by atoms with Crippen molar-refractivity contribution in [3.63, 3.8) is 0 Å². The SMILES string of the molecule is O[C@@H]1C=CC23C[C@@H]4O[C@@H]4CC2(C1)C[C@@H]1O[C@@H]1C3. The maximum absolute atomic E-state index is 10.0. The summed E-state index contributed by atoms with van der Waals surface area (Å²) in [5.41, 5.74) is 0.526. The van der Waals surface area contributed by atoms with Crippen molar-refractivity contribution in [2.45, 2.75) is 62.6 Å². The lowest BCUT2D eigenvalue weighted by Gasteiger charge is -2.56. The molecule has 2 aliphatic heterocycles. The van der Waals surface area contributed by atoms with E-state index in [0.29, 0.717) is 24.4 Å². The van der Waals surface area contributed by atoms with Gasteiger partial charge in [0.05, 0.1) is 30.5 Å². The molecule has 0 spiro atoms. The van der Waals surface area contributed by atoms with E-state index >= 15 is 0 Å². The van der Waals surface area contributed by atoms with E-state index in [0.717, 1.165) is 32.1 Å². The molecule has 17 heavy (non-hydrogen) atoms. The van der Waals surface area contributed by atoms with Gasteiger partial charge in [0.2, 0.25) is 0 Å². The Bertz CT molecular complexity index is 394. The lowest BCUT2D eigenvalue weighted by Crippen LogP contribution is -2.53. The van der Waals surface area contributed by atoms with Crippen LogP contribution in [-0.4, -0.2) is 35.6 Å². The van der Waals surface area contributed by atoms with Gasteiger partial charge in [-0.05, 0) is 42.9 Å². The highest BCUT2D eigenvalue weighted by molar-refractivity contribution is 5.26. The molecule has 5 aliphatic rings. The molecule has 1 N–H and O–H groups in total. The zero-order valence-electron chi connectivity index (χ0n) is 9.84. The summed E-state index contributed by atoms with van der Waals surface area (Å²) in [4.78, 5) is 0. The average Bonchev–Trinajstić information content (AvgIpc) is 3.15. The van der Waals surface area contributed by atoms with Crippen molar-refractivity contribution in [2.24, 2.45) is 10.8 Å². The Morgan fingerprint density at radius 1 is 0.882 bits per heavy atom. The molecule has 4 fully saturated rings. The third kappa shape index (κ3) is 1.09. The van der Waals surface area contributed by atoms with Gasteiger partial charge in [-0.3, -0.25) is 0 Å². The molecule has 0 bridgehead atoms. The Kier molecular flexibility index (Phi) is 1.48. The Balaban J connectivity index is 1.64. The molecule has 3 nitrogen and oxygen atoms in total. The summed E-state index contributed by atoms with van der Waals surface area (Å²) >= 11 is 0. The highest BCUT2D eigenvalue weighted by atomic mass is 16.6. The molecule has 3 aliphatic carbocycles. The molecule has 92 valence electrons. The van der Waals surface area contributed by atoms with E-state index in [1.807, 2.05) is 6.08 Å². The number of ether oxygens (including phenoxy) is 2. The second-order valence-electron chi connectivity index (χ2n) is 6.81. The first kappa shape index (κ1) is 9.54. The van der Waals surface area contributed by atoms with Gasteiger partial charge < -0.3 is 14.6 Å². The van der Waals surface area contributed by atoms with Gasteiger partial charge in [0.25, 0.3) is 0 Å². The minimum atomic E-state index is -0.256. The summed E-state index contributed by atoms with van der Waals surface area (Å²) in [5, 5.41) is 10.0. The van der Waals surface area contributed by atoms with Crippen molar-refractivity contribution in [2.75, 3.05) is 0 Å². The van der Waals surface area contributed by atoms with Crippen molar-refractivity contribution >= 4 is 0 Å². The van der Waals surface area contributed by atoms with Crippen molar-refractivity contribution in [1.29, 1.82) is 0 Å². The highest BCUT2D eigenvalue weighted by Gasteiger charge is 2.69. The molecule has 5 rings (SSSR count). The lowest BCUT2D eigenvalue weighted by atomic mass is 9.47. The summed E-state index contributed by atoms with van der Waals surface area (Å²) < 4.78 is 11.6. The van der Waals surface area contributed by atoms with Gasteiger partial charge in [0.1, 0.15) is 0 Å². The predicted octanol–water partition coefficient (Wildman–Crippen LogP) is 1.40. The topological polar surface area (TPSA) is 45.3 Å². The molecule has 2 saturated heterocycles. The summed E-state index contributed by atoms with van der Waals surface area (Å²) in [6, 6.07) is 0. The Labute approximate surface area is 101 Å². The van der Waals surface area contributed by atoms with Crippen molar-refractivity contribution in [3.05, 3.63) is 12.2 Å². The smallest absolute Gasteiger partial charge is 0.0850 e. The number of aliphatic hydroxyl groups excluding tert-OH is 1. The third-order valence-corrected chi connectivity index (χ3v) is 5.98. The molecule has 2 unspecified atom stereocenters. The van der Waals surface area contributed by atoms with Crippen LogP contribution in [0.3, 0.4) is 0 Å². The molecule has 0 aromatic heterocycles. The van der Waals surface area contributed by atoms with Crippen LogP contribution in [0.4, 0.5) is 0 Å². The lowest BCUT2D eigenvalue weighted by molar-refractivity contribution is -0.0382. The van der Waals surface area contributed by atoms with E-state index in [1.54, 1.807) is 0 Å². The van der Waals surface area contributed by atoms with Crippen LogP contribution in [0.5, 0.6) is 0 Å². The highest BCUT2D eigenvalue weighted by Crippen LogP contribution is 2.69.